The molecule has 1 atom stereocenters. The van der Waals surface area contributed by atoms with Crippen LogP contribution in [0.1, 0.15) is 6.92 Å². The lowest BCUT2D eigenvalue weighted by Crippen LogP contribution is -2.09. The molecule has 1 N–H and O–H groups in total. The lowest BCUT2D eigenvalue weighted by molar-refractivity contribution is -0.403. The van der Waals surface area contributed by atoms with Crippen molar-refractivity contribution < 1.29 is 4.92 Å². The Kier molecular flexibility index (Phi) is 2.16. The summed E-state index contributed by atoms with van der Waals surface area (Å²) in [5.74, 6) is 0. The first kappa shape index (κ1) is 7.40. The van der Waals surface area contributed by atoms with E-state index in [1.807, 2.05) is 6.92 Å². The van der Waals surface area contributed by atoms with Gasteiger partial charge in [0.1, 0.15) is 5.03 Å². The second kappa shape index (κ2) is 2.92. The zero-order chi connectivity index (χ0) is 7.56. The highest BCUT2D eigenvalue weighted by molar-refractivity contribution is 8.03. The molecule has 1 heterocycles. The summed E-state index contributed by atoms with van der Waals surface area (Å²) in [7, 11) is 0. The molecule has 0 aromatic heterocycles. The monoisotopic (exact) mass is 160 g/mol. The van der Waals surface area contributed by atoms with Crippen LogP contribution in [0.2, 0.25) is 0 Å². The van der Waals surface area contributed by atoms with Gasteiger partial charge in [0.05, 0.1) is 4.92 Å². The molecule has 1 unspecified atom stereocenters. The summed E-state index contributed by atoms with van der Waals surface area (Å²) in [6.07, 6.45) is 1.01. The molecule has 0 amide bonds. The van der Waals surface area contributed by atoms with E-state index in [4.69, 9.17) is 0 Å². The first-order chi connectivity index (χ1) is 4.68. The molecule has 1 aliphatic rings. The first-order valence-corrected chi connectivity index (χ1v) is 3.82. The van der Waals surface area contributed by atoms with Crippen LogP contribution < -0.4 is 5.32 Å². The fraction of sp³-hybridized carbons (Fsp3) is 0.600. The van der Waals surface area contributed by atoms with E-state index >= 15 is 0 Å². The largest absolute Gasteiger partial charge is 0.374 e. The molecule has 0 radical (unpaired) electrons. The normalized spacial score (nSPS) is 28.5. The van der Waals surface area contributed by atoms with Gasteiger partial charge in [0, 0.05) is 11.8 Å². The van der Waals surface area contributed by atoms with Crippen molar-refractivity contribution in [1.29, 1.82) is 0 Å². The van der Waals surface area contributed by atoms with Crippen LogP contribution in [0.4, 0.5) is 0 Å². The van der Waals surface area contributed by atoms with Gasteiger partial charge in [-0.15, -0.1) is 0 Å². The maximum Gasteiger partial charge on any atom is 0.263 e. The van der Waals surface area contributed by atoms with Crippen molar-refractivity contribution in [3.05, 3.63) is 21.3 Å². The Morgan fingerprint density at radius 2 is 2.70 bits per heavy atom. The number of rotatable bonds is 1. The van der Waals surface area contributed by atoms with E-state index in [0.717, 1.165) is 12.7 Å². The van der Waals surface area contributed by atoms with Gasteiger partial charge < -0.3 is 5.32 Å². The third-order valence-electron chi connectivity index (χ3n) is 1.11. The quantitative estimate of drug-likeness (QED) is 0.455. The van der Waals surface area contributed by atoms with Crippen LogP contribution in [-0.2, 0) is 0 Å². The van der Waals surface area contributed by atoms with E-state index in [1.165, 1.54) is 11.8 Å². The van der Waals surface area contributed by atoms with Crippen molar-refractivity contribution >= 4 is 11.8 Å². The zero-order valence-corrected chi connectivity index (χ0v) is 6.35. The highest BCUT2D eigenvalue weighted by Crippen LogP contribution is 2.24. The lowest BCUT2D eigenvalue weighted by atomic mass is 10.5. The second-order valence-electron chi connectivity index (χ2n) is 2.09. The molecule has 1 aliphatic heterocycles. The van der Waals surface area contributed by atoms with Crippen LogP contribution in [0.15, 0.2) is 11.2 Å². The molecule has 5 heteroatoms. The molecule has 1 fully saturated rings. The topological polar surface area (TPSA) is 55.2 Å². The minimum Gasteiger partial charge on any atom is -0.374 e. The van der Waals surface area contributed by atoms with Crippen molar-refractivity contribution in [3.8, 4) is 0 Å². The van der Waals surface area contributed by atoms with E-state index < -0.39 is 4.92 Å². The number of hydrogen-bond donors (Lipinski definition) is 1. The van der Waals surface area contributed by atoms with Gasteiger partial charge in [-0.2, -0.15) is 0 Å². The van der Waals surface area contributed by atoms with Gasteiger partial charge in [0.25, 0.3) is 6.20 Å². The van der Waals surface area contributed by atoms with E-state index in [1.54, 1.807) is 0 Å². The predicted molar refractivity (Wildman–Crippen MR) is 40.1 cm³/mol. The highest BCUT2D eigenvalue weighted by atomic mass is 32.2. The van der Waals surface area contributed by atoms with Gasteiger partial charge in [-0.05, 0) is 0 Å². The fourth-order valence-electron chi connectivity index (χ4n) is 0.716. The Hall–Kier alpha value is -0.710. The van der Waals surface area contributed by atoms with Gasteiger partial charge in [0.2, 0.25) is 0 Å². The Morgan fingerprint density at radius 3 is 3.10 bits per heavy atom. The summed E-state index contributed by atoms with van der Waals surface area (Å²) in [6.45, 7) is 2.85. The molecular formula is C5H8N2O2S. The van der Waals surface area contributed by atoms with Gasteiger partial charge in [-0.1, -0.05) is 18.7 Å². The predicted octanol–water partition coefficient (Wildman–Crippen LogP) is 0.787. The summed E-state index contributed by atoms with van der Waals surface area (Å²) in [5.41, 5.74) is 0. The standard InChI is InChI=1S/C5H8N2O2S/c1-4-2-6-5(10-4)3-7(8)9/h3-4,6H,2H2,1H3. The fourth-order valence-corrected chi connectivity index (χ4v) is 1.63. The van der Waals surface area contributed by atoms with Crippen molar-refractivity contribution in [1.82, 2.24) is 5.32 Å². The molecule has 56 valence electrons. The van der Waals surface area contributed by atoms with Crippen LogP contribution in [0.3, 0.4) is 0 Å². The maximum absolute atomic E-state index is 9.94. The summed E-state index contributed by atoms with van der Waals surface area (Å²) >= 11 is 1.50. The van der Waals surface area contributed by atoms with Crippen molar-refractivity contribution in [2.75, 3.05) is 6.54 Å². The van der Waals surface area contributed by atoms with E-state index in [2.05, 4.69) is 5.32 Å². The number of hydrogen-bond acceptors (Lipinski definition) is 4. The van der Waals surface area contributed by atoms with Crippen LogP contribution in [0.5, 0.6) is 0 Å². The van der Waals surface area contributed by atoms with Crippen LogP contribution in [0.25, 0.3) is 0 Å². The summed E-state index contributed by atoms with van der Waals surface area (Å²) in [5, 5.41) is 14.0. The SMILES string of the molecule is CC1CNC(=C[N+](=O)[O-])S1. The van der Waals surface area contributed by atoms with Gasteiger partial charge in [0.15, 0.2) is 0 Å². The molecule has 10 heavy (non-hydrogen) atoms. The van der Waals surface area contributed by atoms with Gasteiger partial charge >= 0.3 is 0 Å². The van der Waals surface area contributed by atoms with Crippen molar-refractivity contribution in [2.45, 2.75) is 12.2 Å². The van der Waals surface area contributed by atoms with Crippen molar-refractivity contribution in [3.63, 3.8) is 0 Å². The molecule has 0 aromatic rings. The van der Waals surface area contributed by atoms with Gasteiger partial charge in [-0.25, -0.2) is 0 Å². The maximum atomic E-state index is 9.94. The summed E-state index contributed by atoms with van der Waals surface area (Å²) in [6, 6.07) is 0. The Labute approximate surface area is 62.8 Å². The van der Waals surface area contributed by atoms with Crippen LogP contribution in [-0.4, -0.2) is 16.7 Å². The number of thioether (sulfide) groups is 1. The highest BCUT2D eigenvalue weighted by Gasteiger charge is 2.16. The van der Waals surface area contributed by atoms with E-state index in [-0.39, 0.29) is 0 Å². The smallest absolute Gasteiger partial charge is 0.263 e. The molecule has 0 saturated carbocycles. The third kappa shape index (κ3) is 1.91. The lowest BCUT2D eigenvalue weighted by Gasteiger charge is -1.89. The average Bonchev–Trinajstić information content (AvgIpc) is 2.13. The van der Waals surface area contributed by atoms with Crippen LogP contribution in [0, 0.1) is 10.1 Å². The second-order valence-corrected chi connectivity index (χ2v) is 3.57. The van der Waals surface area contributed by atoms with Crippen LogP contribution >= 0.6 is 11.8 Å². The molecule has 0 spiro atoms. The zero-order valence-electron chi connectivity index (χ0n) is 5.53. The molecule has 1 rings (SSSR count). The Balaban J connectivity index is 2.51. The minimum atomic E-state index is -0.437. The van der Waals surface area contributed by atoms with Crippen molar-refractivity contribution in [2.24, 2.45) is 0 Å². The molecule has 0 bridgehead atoms. The molecular weight excluding hydrogens is 152 g/mol. The first-order valence-electron chi connectivity index (χ1n) is 2.94. The number of nitro groups is 1. The third-order valence-corrected chi connectivity index (χ3v) is 2.19. The Bertz CT molecular complexity index is 180. The van der Waals surface area contributed by atoms with E-state index in [9.17, 15) is 10.1 Å². The Morgan fingerprint density at radius 1 is 2.00 bits per heavy atom. The molecule has 1 saturated heterocycles. The molecule has 0 aromatic carbocycles. The number of nitrogens with one attached hydrogen (secondary N) is 1. The summed E-state index contributed by atoms with van der Waals surface area (Å²) < 4.78 is 0. The minimum absolute atomic E-state index is 0.437. The summed E-state index contributed by atoms with van der Waals surface area (Å²) in [4.78, 5) is 9.50. The number of nitrogens with zero attached hydrogens (tertiary/aromatic N) is 1. The molecule has 4 nitrogen and oxygen atoms in total. The molecule has 0 aliphatic carbocycles. The average molecular weight is 160 g/mol. The van der Waals surface area contributed by atoms with Gasteiger partial charge in [-0.3, -0.25) is 10.1 Å². The van der Waals surface area contributed by atoms with E-state index in [0.29, 0.717) is 10.3 Å².